The van der Waals surface area contributed by atoms with Gasteiger partial charge in [0.15, 0.2) is 0 Å². The highest BCUT2D eigenvalue weighted by molar-refractivity contribution is 7.87. The first-order chi connectivity index (χ1) is 6.58. The van der Waals surface area contributed by atoms with Crippen LogP contribution in [0.3, 0.4) is 0 Å². The first kappa shape index (κ1) is 12.6. The number of rotatable bonds is 5. The predicted octanol–water partition coefficient (Wildman–Crippen LogP) is 0.887. The van der Waals surface area contributed by atoms with Crippen molar-refractivity contribution in [1.82, 2.24) is 0 Å². The third-order valence-electron chi connectivity index (χ3n) is 1.50. The average molecular weight is 256 g/mol. The van der Waals surface area contributed by atoms with Crippen molar-refractivity contribution >= 4 is 10.2 Å². The molecule has 0 aromatic rings. The van der Waals surface area contributed by atoms with Gasteiger partial charge in [-0.2, -0.15) is 26.0 Å². The Morgan fingerprint density at radius 1 is 1.33 bits per heavy atom. The minimum absolute atomic E-state index is 0.0457. The second-order valence-electron chi connectivity index (χ2n) is 2.74. The van der Waals surface area contributed by atoms with Crippen LogP contribution in [-0.4, -0.2) is 39.1 Å². The number of hydrogen-bond acceptors (Lipinski definition) is 4. The van der Waals surface area contributed by atoms with Gasteiger partial charge in [0, 0.05) is 0 Å². The molecule has 1 saturated heterocycles. The SMILES string of the molecule is O=S(=O)(F)C(F)(F)C(F)(F)OCC1CO1. The summed E-state index contributed by atoms with van der Waals surface area (Å²) in [7, 11) is -6.74. The maximum Gasteiger partial charge on any atom is 0.464 e. The molecule has 1 unspecified atom stereocenters. The Balaban J connectivity index is 2.73. The van der Waals surface area contributed by atoms with E-state index >= 15 is 0 Å². The normalized spacial score (nSPS) is 22.9. The molecule has 0 amide bonds. The molecule has 10 heteroatoms. The Bertz CT molecular complexity index is 335. The van der Waals surface area contributed by atoms with E-state index in [1.54, 1.807) is 0 Å². The van der Waals surface area contributed by atoms with Crippen LogP contribution in [0.4, 0.5) is 21.4 Å². The molecule has 0 aliphatic carbocycles. The summed E-state index contributed by atoms with van der Waals surface area (Å²) < 4.78 is 88.5. The Hall–Kier alpha value is -0.480. The van der Waals surface area contributed by atoms with Gasteiger partial charge in [-0.3, -0.25) is 0 Å². The van der Waals surface area contributed by atoms with E-state index in [1.807, 2.05) is 0 Å². The smallest absolute Gasteiger partial charge is 0.371 e. The summed E-state index contributed by atoms with van der Waals surface area (Å²) in [5.41, 5.74) is 0. The van der Waals surface area contributed by atoms with Crippen LogP contribution in [0.15, 0.2) is 0 Å². The van der Waals surface area contributed by atoms with Gasteiger partial charge in [-0.25, -0.2) is 0 Å². The molecule has 0 aromatic carbocycles. The Morgan fingerprint density at radius 3 is 2.13 bits per heavy atom. The van der Waals surface area contributed by atoms with E-state index in [9.17, 15) is 29.9 Å². The van der Waals surface area contributed by atoms with Gasteiger partial charge in [0.2, 0.25) is 0 Å². The summed E-state index contributed by atoms with van der Waals surface area (Å²) in [5, 5.41) is -5.91. The molecule has 0 spiro atoms. The average Bonchev–Trinajstić information content (AvgIpc) is 2.81. The van der Waals surface area contributed by atoms with E-state index in [2.05, 4.69) is 9.47 Å². The molecule has 1 atom stereocenters. The maximum absolute atomic E-state index is 12.4. The number of alkyl halides is 4. The van der Waals surface area contributed by atoms with Gasteiger partial charge in [-0.15, -0.1) is 0 Å². The third kappa shape index (κ3) is 2.55. The van der Waals surface area contributed by atoms with Gasteiger partial charge < -0.3 is 9.47 Å². The van der Waals surface area contributed by atoms with E-state index < -0.39 is 34.3 Å². The molecule has 0 aromatic heterocycles. The lowest BCUT2D eigenvalue weighted by atomic mass is 10.5. The largest absolute Gasteiger partial charge is 0.464 e. The zero-order chi connectivity index (χ0) is 11.9. The van der Waals surface area contributed by atoms with Gasteiger partial charge in [-0.05, 0) is 0 Å². The van der Waals surface area contributed by atoms with Crippen LogP contribution in [0.25, 0.3) is 0 Å². The van der Waals surface area contributed by atoms with Gasteiger partial charge >= 0.3 is 21.6 Å². The fourth-order valence-electron chi connectivity index (χ4n) is 0.588. The van der Waals surface area contributed by atoms with E-state index in [-0.39, 0.29) is 6.61 Å². The standard InChI is InChI=1S/C5H5F5O4S/c6-4(7,14-2-3-1-13-3)5(8,9)15(10,11)12/h3H,1-2H2. The molecule has 0 saturated carbocycles. The van der Waals surface area contributed by atoms with E-state index in [0.717, 1.165) is 0 Å². The summed E-state index contributed by atoms with van der Waals surface area (Å²) in [6.07, 6.45) is -6.21. The van der Waals surface area contributed by atoms with Gasteiger partial charge in [0.1, 0.15) is 6.10 Å². The molecule has 1 fully saturated rings. The van der Waals surface area contributed by atoms with Crippen LogP contribution in [-0.2, 0) is 19.7 Å². The fraction of sp³-hybridized carbons (Fsp3) is 1.00. The molecular weight excluding hydrogens is 251 g/mol. The molecule has 4 nitrogen and oxygen atoms in total. The third-order valence-corrected chi connectivity index (χ3v) is 2.35. The maximum atomic E-state index is 12.4. The fourth-order valence-corrected chi connectivity index (χ4v) is 0.931. The van der Waals surface area contributed by atoms with Gasteiger partial charge in [0.05, 0.1) is 13.2 Å². The first-order valence-corrected chi connectivity index (χ1v) is 4.91. The zero-order valence-electron chi connectivity index (χ0n) is 6.92. The van der Waals surface area contributed by atoms with Crippen molar-refractivity contribution < 1.29 is 39.3 Å². The number of halogens is 5. The van der Waals surface area contributed by atoms with Gasteiger partial charge in [0.25, 0.3) is 0 Å². The molecule has 1 rings (SSSR count). The lowest BCUT2D eigenvalue weighted by Gasteiger charge is -2.22. The summed E-state index contributed by atoms with van der Waals surface area (Å²) in [5.74, 6) is 0. The Labute approximate surface area is 81.2 Å². The summed E-state index contributed by atoms with van der Waals surface area (Å²) in [6, 6.07) is 0. The molecular formula is C5H5F5O4S. The van der Waals surface area contributed by atoms with Crippen molar-refractivity contribution in [2.75, 3.05) is 13.2 Å². The molecule has 0 radical (unpaired) electrons. The topological polar surface area (TPSA) is 55.9 Å². The zero-order valence-corrected chi connectivity index (χ0v) is 7.74. The van der Waals surface area contributed by atoms with Crippen molar-refractivity contribution in [3.8, 4) is 0 Å². The molecule has 90 valence electrons. The molecule has 1 aliphatic heterocycles. The number of ether oxygens (including phenoxy) is 2. The van der Waals surface area contributed by atoms with Crippen molar-refractivity contribution in [2.24, 2.45) is 0 Å². The lowest BCUT2D eigenvalue weighted by Crippen LogP contribution is -2.47. The number of epoxide rings is 1. The first-order valence-electron chi connectivity index (χ1n) is 3.53. The van der Waals surface area contributed by atoms with Crippen molar-refractivity contribution in [2.45, 2.75) is 17.5 Å². The van der Waals surface area contributed by atoms with Crippen LogP contribution >= 0.6 is 0 Å². The van der Waals surface area contributed by atoms with Crippen LogP contribution in [0.5, 0.6) is 0 Å². The molecule has 15 heavy (non-hydrogen) atoms. The highest BCUT2D eigenvalue weighted by Crippen LogP contribution is 2.40. The second kappa shape index (κ2) is 3.52. The minimum atomic E-state index is -6.74. The van der Waals surface area contributed by atoms with E-state index in [1.165, 1.54) is 0 Å². The quantitative estimate of drug-likeness (QED) is 0.416. The summed E-state index contributed by atoms with van der Waals surface area (Å²) in [4.78, 5) is 0. The van der Waals surface area contributed by atoms with Crippen LogP contribution in [0, 0.1) is 0 Å². The molecule has 1 heterocycles. The summed E-state index contributed by atoms with van der Waals surface area (Å²) >= 11 is 0. The highest BCUT2D eigenvalue weighted by Gasteiger charge is 2.68. The van der Waals surface area contributed by atoms with Crippen LogP contribution in [0.1, 0.15) is 0 Å². The molecule has 1 aliphatic rings. The van der Waals surface area contributed by atoms with Crippen LogP contribution < -0.4 is 0 Å². The Morgan fingerprint density at radius 2 is 1.80 bits per heavy atom. The second-order valence-corrected chi connectivity index (χ2v) is 4.13. The van der Waals surface area contributed by atoms with Crippen molar-refractivity contribution in [1.29, 1.82) is 0 Å². The van der Waals surface area contributed by atoms with Crippen molar-refractivity contribution in [3.63, 3.8) is 0 Å². The minimum Gasteiger partial charge on any atom is -0.371 e. The van der Waals surface area contributed by atoms with Gasteiger partial charge in [-0.1, -0.05) is 3.89 Å². The van der Waals surface area contributed by atoms with E-state index in [0.29, 0.717) is 0 Å². The number of hydrogen-bond donors (Lipinski definition) is 0. The predicted molar refractivity (Wildman–Crippen MR) is 35.6 cm³/mol. The lowest BCUT2D eigenvalue weighted by molar-refractivity contribution is -0.318. The summed E-state index contributed by atoms with van der Waals surface area (Å²) in [6.45, 7) is -0.887. The monoisotopic (exact) mass is 256 g/mol. The Kier molecular flexibility index (Phi) is 2.96. The molecule has 0 bridgehead atoms. The molecule has 0 N–H and O–H groups in total. The highest BCUT2D eigenvalue weighted by atomic mass is 32.3. The van der Waals surface area contributed by atoms with Crippen LogP contribution in [0.2, 0.25) is 0 Å². The van der Waals surface area contributed by atoms with Crippen molar-refractivity contribution in [3.05, 3.63) is 0 Å². The van der Waals surface area contributed by atoms with E-state index in [4.69, 9.17) is 0 Å².